The van der Waals surface area contributed by atoms with Crippen molar-refractivity contribution in [3.63, 3.8) is 0 Å². The zero-order valence-electron chi connectivity index (χ0n) is 9.26. The smallest absolute Gasteiger partial charge is 0.173 e. The first-order valence-corrected chi connectivity index (χ1v) is 5.55. The zero-order chi connectivity index (χ0) is 11.5. The molecule has 0 N–H and O–H groups in total. The Morgan fingerprint density at radius 2 is 2.19 bits per heavy atom. The molecule has 0 saturated heterocycles. The molecular formula is C11H13ClN4. The highest BCUT2D eigenvalue weighted by Crippen LogP contribution is 2.17. The molecule has 0 saturated carbocycles. The zero-order valence-corrected chi connectivity index (χ0v) is 10.0. The van der Waals surface area contributed by atoms with E-state index in [0.29, 0.717) is 16.9 Å². The lowest BCUT2D eigenvalue weighted by Crippen LogP contribution is -2.01. The summed E-state index contributed by atoms with van der Waals surface area (Å²) in [6.45, 7) is 4.30. The van der Waals surface area contributed by atoms with Crippen LogP contribution < -0.4 is 0 Å². The van der Waals surface area contributed by atoms with E-state index in [4.69, 9.17) is 11.6 Å². The van der Waals surface area contributed by atoms with E-state index >= 15 is 0 Å². The summed E-state index contributed by atoms with van der Waals surface area (Å²) in [5.74, 6) is 1.20. The highest BCUT2D eigenvalue weighted by molar-refractivity contribution is 6.29. The number of hydrogen-bond acceptors (Lipinski definition) is 3. The van der Waals surface area contributed by atoms with Gasteiger partial charge in [0.15, 0.2) is 5.82 Å². The predicted octanol–water partition coefficient (Wildman–Crippen LogP) is 2.51. The summed E-state index contributed by atoms with van der Waals surface area (Å²) in [4.78, 5) is 8.15. The average Bonchev–Trinajstić information content (AvgIpc) is 2.60. The van der Waals surface area contributed by atoms with Crippen molar-refractivity contribution in [2.75, 3.05) is 0 Å². The molecular weight excluding hydrogens is 224 g/mol. The van der Waals surface area contributed by atoms with Crippen molar-refractivity contribution < 1.29 is 0 Å². The molecule has 0 aliphatic carbocycles. The van der Waals surface area contributed by atoms with Gasteiger partial charge in [0, 0.05) is 12.4 Å². The van der Waals surface area contributed by atoms with Gasteiger partial charge in [0.05, 0.1) is 11.9 Å². The monoisotopic (exact) mass is 236 g/mol. The maximum absolute atomic E-state index is 6.10. The van der Waals surface area contributed by atoms with Gasteiger partial charge in [0.2, 0.25) is 0 Å². The molecule has 0 aliphatic rings. The fourth-order valence-electron chi connectivity index (χ4n) is 1.48. The Hall–Kier alpha value is -1.42. The third-order valence-corrected chi connectivity index (χ3v) is 2.37. The van der Waals surface area contributed by atoms with Crippen LogP contribution in [0.2, 0.25) is 5.15 Å². The van der Waals surface area contributed by atoms with E-state index in [1.54, 1.807) is 23.3 Å². The minimum atomic E-state index is 0.557. The summed E-state index contributed by atoms with van der Waals surface area (Å²) >= 11 is 6.10. The van der Waals surface area contributed by atoms with Crippen molar-refractivity contribution >= 4 is 11.6 Å². The van der Waals surface area contributed by atoms with Crippen LogP contribution in [0.1, 0.15) is 19.5 Å². The van der Waals surface area contributed by atoms with Crippen LogP contribution >= 0.6 is 11.6 Å². The van der Waals surface area contributed by atoms with Crippen LogP contribution in [0.3, 0.4) is 0 Å². The molecule has 4 nitrogen and oxygen atoms in total. The molecule has 0 amide bonds. The minimum Gasteiger partial charge on any atom is -0.259 e. The molecule has 5 heteroatoms. The van der Waals surface area contributed by atoms with E-state index < -0.39 is 0 Å². The topological polar surface area (TPSA) is 43.6 Å². The molecule has 0 unspecified atom stereocenters. The van der Waals surface area contributed by atoms with Crippen molar-refractivity contribution in [2.24, 2.45) is 5.92 Å². The fraction of sp³-hybridized carbons (Fsp3) is 0.364. The van der Waals surface area contributed by atoms with Gasteiger partial charge >= 0.3 is 0 Å². The lowest BCUT2D eigenvalue weighted by atomic mass is 10.1. The van der Waals surface area contributed by atoms with Gasteiger partial charge in [-0.2, -0.15) is 5.10 Å². The fourth-order valence-corrected chi connectivity index (χ4v) is 1.73. The molecule has 2 heterocycles. The molecule has 16 heavy (non-hydrogen) atoms. The molecule has 0 spiro atoms. The lowest BCUT2D eigenvalue weighted by Gasteiger charge is -2.01. The van der Waals surface area contributed by atoms with Crippen LogP contribution in [0.5, 0.6) is 0 Å². The van der Waals surface area contributed by atoms with E-state index in [2.05, 4.69) is 28.9 Å². The summed E-state index contributed by atoms with van der Waals surface area (Å²) in [5.41, 5.74) is 0.977. The highest BCUT2D eigenvalue weighted by atomic mass is 35.5. The second-order valence-corrected chi connectivity index (χ2v) is 4.42. The van der Waals surface area contributed by atoms with Crippen molar-refractivity contribution in [1.82, 2.24) is 19.7 Å². The first kappa shape index (κ1) is 11.1. The van der Waals surface area contributed by atoms with Crippen molar-refractivity contribution in [3.05, 3.63) is 35.5 Å². The Morgan fingerprint density at radius 3 is 2.81 bits per heavy atom. The Bertz CT molecular complexity index is 464. The molecule has 2 aromatic heterocycles. The minimum absolute atomic E-state index is 0.557. The highest BCUT2D eigenvalue weighted by Gasteiger charge is 2.09. The standard InChI is InChI=1S/C11H13ClN4/c1-8(2)5-9-6-10(12)16(15-9)11-7-13-3-4-14-11/h3-4,6-8H,5H2,1-2H3. The maximum Gasteiger partial charge on any atom is 0.173 e. The number of halogens is 1. The molecule has 0 bridgehead atoms. The van der Waals surface area contributed by atoms with E-state index in [9.17, 15) is 0 Å². The molecule has 0 radical (unpaired) electrons. The van der Waals surface area contributed by atoms with Crippen LogP contribution in [-0.2, 0) is 6.42 Å². The van der Waals surface area contributed by atoms with Gasteiger partial charge < -0.3 is 0 Å². The number of rotatable bonds is 3. The number of nitrogens with zero attached hydrogens (tertiary/aromatic N) is 4. The Morgan fingerprint density at radius 1 is 1.38 bits per heavy atom. The van der Waals surface area contributed by atoms with Crippen molar-refractivity contribution in [3.8, 4) is 5.82 Å². The average molecular weight is 237 g/mol. The van der Waals surface area contributed by atoms with Crippen LogP contribution in [0.25, 0.3) is 5.82 Å². The quantitative estimate of drug-likeness (QED) is 0.823. The van der Waals surface area contributed by atoms with Gasteiger partial charge in [-0.25, -0.2) is 9.67 Å². The van der Waals surface area contributed by atoms with E-state index in [-0.39, 0.29) is 0 Å². The van der Waals surface area contributed by atoms with Crippen LogP contribution in [0.15, 0.2) is 24.7 Å². The van der Waals surface area contributed by atoms with E-state index in [1.807, 2.05) is 6.07 Å². The van der Waals surface area contributed by atoms with Crippen molar-refractivity contribution in [2.45, 2.75) is 20.3 Å². The lowest BCUT2D eigenvalue weighted by molar-refractivity contribution is 0.627. The van der Waals surface area contributed by atoms with Crippen LogP contribution in [-0.4, -0.2) is 19.7 Å². The summed E-state index contributed by atoms with van der Waals surface area (Å²) < 4.78 is 1.60. The normalized spacial score (nSPS) is 11.0. The maximum atomic E-state index is 6.10. The van der Waals surface area contributed by atoms with Gasteiger partial charge in [-0.05, 0) is 18.4 Å². The Kier molecular flexibility index (Phi) is 3.19. The summed E-state index contributed by atoms with van der Waals surface area (Å²) in [6, 6.07) is 1.87. The second-order valence-electron chi connectivity index (χ2n) is 4.03. The van der Waals surface area contributed by atoms with Gasteiger partial charge in [-0.3, -0.25) is 4.98 Å². The SMILES string of the molecule is CC(C)Cc1cc(Cl)n(-c2cnccn2)n1. The third kappa shape index (κ3) is 2.39. The molecule has 0 aliphatic heterocycles. The second kappa shape index (κ2) is 4.61. The van der Waals surface area contributed by atoms with Gasteiger partial charge in [-0.1, -0.05) is 25.4 Å². The molecule has 84 valence electrons. The third-order valence-electron chi connectivity index (χ3n) is 2.10. The van der Waals surface area contributed by atoms with Crippen molar-refractivity contribution in [1.29, 1.82) is 0 Å². The number of aromatic nitrogens is 4. The first-order chi connectivity index (χ1) is 7.66. The van der Waals surface area contributed by atoms with E-state index in [0.717, 1.165) is 12.1 Å². The Labute approximate surface area is 99.3 Å². The molecule has 0 fully saturated rings. The molecule has 0 atom stereocenters. The molecule has 0 aromatic carbocycles. The van der Waals surface area contributed by atoms with Gasteiger partial charge in [-0.15, -0.1) is 0 Å². The van der Waals surface area contributed by atoms with Crippen LogP contribution in [0.4, 0.5) is 0 Å². The molecule has 2 aromatic rings. The van der Waals surface area contributed by atoms with E-state index in [1.165, 1.54) is 0 Å². The summed E-state index contributed by atoms with van der Waals surface area (Å²) in [7, 11) is 0. The van der Waals surface area contributed by atoms with Gasteiger partial charge in [0.1, 0.15) is 5.15 Å². The predicted molar refractivity (Wildman–Crippen MR) is 62.7 cm³/mol. The summed E-state index contributed by atoms with van der Waals surface area (Å²) in [6.07, 6.45) is 5.79. The summed E-state index contributed by atoms with van der Waals surface area (Å²) in [5, 5.41) is 4.97. The molecule has 2 rings (SSSR count). The Balaban J connectivity index is 2.32. The number of hydrogen-bond donors (Lipinski definition) is 0. The van der Waals surface area contributed by atoms with Crippen LogP contribution in [0, 0.1) is 5.92 Å². The largest absolute Gasteiger partial charge is 0.259 e. The first-order valence-electron chi connectivity index (χ1n) is 5.17. The van der Waals surface area contributed by atoms with Gasteiger partial charge in [0.25, 0.3) is 0 Å².